The van der Waals surface area contributed by atoms with E-state index in [-0.39, 0.29) is 18.1 Å². The van der Waals surface area contributed by atoms with Crippen LogP contribution in [-0.4, -0.2) is 35.0 Å². The van der Waals surface area contributed by atoms with Crippen molar-refractivity contribution in [1.29, 1.82) is 0 Å². The van der Waals surface area contributed by atoms with E-state index in [2.05, 4.69) is 42.3 Å². The molecule has 1 N–H and O–H groups in total. The third-order valence-electron chi connectivity index (χ3n) is 5.64. The molecule has 0 aliphatic heterocycles. The van der Waals surface area contributed by atoms with E-state index in [1.165, 1.54) is 4.68 Å². The average molecular weight is 691 g/mol. The zero-order valence-corrected chi connectivity index (χ0v) is 26.2. The maximum Gasteiger partial charge on any atom is 0.282 e. The van der Waals surface area contributed by atoms with Crippen LogP contribution in [-0.2, 0) is 10.2 Å². The summed E-state index contributed by atoms with van der Waals surface area (Å²) in [6.45, 7) is 7.92. The van der Waals surface area contributed by atoms with E-state index in [1.807, 2.05) is 39.8 Å². The molecule has 4 rings (SSSR count). The van der Waals surface area contributed by atoms with Gasteiger partial charge >= 0.3 is 0 Å². The quantitative estimate of drug-likeness (QED) is 0.198. The van der Waals surface area contributed by atoms with Gasteiger partial charge in [0.25, 0.3) is 11.5 Å². The first-order valence-electron chi connectivity index (χ1n) is 12.4. The molecule has 0 saturated carbocycles. The highest BCUT2D eigenvalue weighted by Gasteiger charge is 2.23. The molecule has 1 aromatic heterocycles. The number of rotatable bonds is 8. The van der Waals surface area contributed by atoms with Crippen LogP contribution in [0.3, 0.4) is 0 Å². The molecular formula is C29H27Br2ClN4O4. The van der Waals surface area contributed by atoms with Gasteiger partial charge < -0.3 is 14.8 Å². The van der Waals surface area contributed by atoms with Gasteiger partial charge in [-0.1, -0.05) is 48.3 Å². The topological polar surface area (TPSA) is 94.8 Å². The Hall–Kier alpha value is -3.21. The third kappa shape index (κ3) is 7.10. The second-order valence-corrected chi connectivity index (χ2v) is 12.0. The lowest BCUT2D eigenvalue weighted by atomic mass is 9.95. The lowest BCUT2D eigenvalue weighted by Crippen LogP contribution is -2.29. The summed E-state index contributed by atoms with van der Waals surface area (Å²) in [5.41, 5.74) is 1.13. The van der Waals surface area contributed by atoms with Crippen LogP contribution < -0.4 is 20.3 Å². The van der Waals surface area contributed by atoms with Gasteiger partial charge in [0.2, 0.25) is 0 Å². The molecule has 8 nitrogen and oxygen atoms in total. The minimum atomic E-state index is -0.449. The van der Waals surface area contributed by atoms with Crippen molar-refractivity contribution in [1.82, 2.24) is 9.66 Å². The number of hydrogen-bond donors (Lipinski definition) is 1. The molecule has 0 aliphatic rings. The van der Waals surface area contributed by atoms with Crippen molar-refractivity contribution in [3.8, 4) is 11.5 Å². The Labute approximate surface area is 253 Å². The standard InChI is InChI=1S/C29H27Br2ClN4O4/c1-5-39-24-12-17(22(31)14-25(24)40-16-26(37)34-20-9-7-19(32)8-10-20)15-33-36-27(38)21-13-18(30)6-11-23(21)35-28(36)29(2,3)4/h6-15H,5,16H2,1-4H3,(H,34,37). The van der Waals surface area contributed by atoms with Crippen LogP contribution in [0.15, 0.2) is 73.4 Å². The number of nitrogens with zero attached hydrogens (tertiary/aromatic N) is 3. The van der Waals surface area contributed by atoms with Crippen LogP contribution in [0.2, 0.25) is 5.02 Å². The summed E-state index contributed by atoms with van der Waals surface area (Å²) in [7, 11) is 0. The number of carbonyl (C=O) groups is 1. The van der Waals surface area contributed by atoms with Crippen LogP contribution >= 0.6 is 43.5 Å². The number of benzene rings is 3. The van der Waals surface area contributed by atoms with Crippen molar-refractivity contribution < 1.29 is 14.3 Å². The molecule has 0 unspecified atom stereocenters. The number of fused-ring (bicyclic) bond motifs is 1. The van der Waals surface area contributed by atoms with Gasteiger partial charge in [-0.3, -0.25) is 9.59 Å². The van der Waals surface area contributed by atoms with Gasteiger partial charge in [-0.2, -0.15) is 9.78 Å². The molecule has 11 heteroatoms. The molecule has 3 aromatic carbocycles. The zero-order valence-electron chi connectivity index (χ0n) is 22.3. The first kappa shape index (κ1) is 29.8. The van der Waals surface area contributed by atoms with Gasteiger partial charge in [0.05, 0.1) is 23.7 Å². The van der Waals surface area contributed by atoms with Gasteiger partial charge in [-0.15, -0.1) is 0 Å². The van der Waals surface area contributed by atoms with Crippen molar-refractivity contribution in [3.63, 3.8) is 0 Å². The molecule has 0 radical (unpaired) electrons. The minimum Gasteiger partial charge on any atom is -0.490 e. The molecule has 0 saturated heterocycles. The van der Waals surface area contributed by atoms with E-state index in [1.54, 1.807) is 48.7 Å². The van der Waals surface area contributed by atoms with E-state index in [4.69, 9.17) is 26.1 Å². The molecule has 0 fully saturated rings. The Morgan fingerprint density at radius 1 is 1.07 bits per heavy atom. The summed E-state index contributed by atoms with van der Waals surface area (Å²) in [6.07, 6.45) is 1.56. The highest BCUT2D eigenvalue weighted by atomic mass is 79.9. The van der Waals surface area contributed by atoms with Gasteiger partial charge in [-0.25, -0.2) is 4.98 Å². The normalized spacial score (nSPS) is 11.7. The number of ether oxygens (including phenoxy) is 2. The molecule has 4 aromatic rings. The fourth-order valence-corrected chi connectivity index (χ4v) is 4.68. The van der Waals surface area contributed by atoms with E-state index in [9.17, 15) is 9.59 Å². The van der Waals surface area contributed by atoms with Gasteiger partial charge in [0.15, 0.2) is 18.1 Å². The van der Waals surface area contributed by atoms with Crippen LogP contribution in [0.25, 0.3) is 10.9 Å². The number of anilines is 1. The summed E-state index contributed by atoms with van der Waals surface area (Å²) < 4.78 is 14.3. The first-order valence-corrected chi connectivity index (χ1v) is 14.3. The smallest absolute Gasteiger partial charge is 0.282 e. The number of amides is 1. The number of aromatic nitrogens is 2. The molecule has 1 heterocycles. The Bertz CT molecular complexity index is 1650. The SMILES string of the molecule is CCOc1cc(C=Nn2c(C(C)(C)C)nc3ccc(Br)cc3c2=O)c(Br)cc1OCC(=O)Nc1ccc(Cl)cc1. The molecule has 1 amide bonds. The summed E-state index contributed by atoms with van der Waals surface area (Å²) >= 11 is 12.9. The average Bonchev–Trinajstić information content (AvgIpc) is 2.89. The zero-order chi connectivity index (χ0) is 29.0. The van der Waals surface area contributed by atoms with Crippen LogP contribution in [0.4, 0.5) is 5.69 Å². The second kappa shape index (κ2) is 12.5. The number of halogens is 3. The van der Waals surface area contributed by atoms with Crippen molar-refractivity contribution in [2.75, 3.05) is 18.5 Å². The Kier molecular flexibility index (Phi) is 9.33. The molecule has 40 heavy (non-hydrogen) atoms. The molecule has 208 valence electrons. The maximum atomic E-state index is 13.5. The molecule has 0 spiro atoms. The maximum absolute atomic E-state index is 13.5. The van der Waals surface area contributed by atoms with E-state index in [0.29, 0.717) is 55.6 Å². The van der Waals surface area contributed by atoms with Gasteiger partial charge in [-0.05, 0) is 77.5 Å². The lowest BCUT2D eigenvalue weighted by Gasteiger charge is -2.21. The van der Waals surface area contributed by atoms with Crippen molar-refractivity contribution in [3.05, 3.63) is 90.3 Å². The van der Waals surface area contributed by atoms with E-state index >= 15 is 0 Å². The Morgan fingerprint density at radius 3 is 2.45 bits per heavy atom. The molecular weight excluding hydrogens is 664 g/mol. The summed E-state index contributed by atoms with van der Waals surface area (Å²) in [4.78, 5) is 30.6. The number of carbonyl (C=O) groups excluding carboxylic acids is 1. The van der Waals surface area contributed by atoms with E-state index < -0.39 is 5.41 Å². The van der Waals surface area contributed by atoms with E-state index in [0.717, 1.165) is 4.47 Å². The van der Waals surface area contributed by atoms with Gasteiger partial charge in [0, 0.05) is 30.6 Å². The summed E-state index contributed by atoms with van der Waals surface area (Å²) in [6, 6.07) is 15.6. The predicted molar refractivity (Wildman–Crippen MR) is 166 cm³/mol. The molecule has 0 bridgehead atoms. The predicted octanol–water partition coefficient (Wildman–Crippen LogP) is 7.17. The summed E-state index contributed by atoms with van der Waals surface area (Å²) in [5.74, 6) is 0.991. The highest BCUT2D eigenvalue weighted by Crippen LogP contribution is 2.33. The third-order valence-corrected chi connectivity index (χ3v) is 7.07. The monoisotopic (exact) mass is 688 g/mol. The Balaban J connectivity index is 1.63. The molecule has 0 atom stereocenters. The van der Waals surface area contributed by atoms with Crippen molar-refractivity contribution in [2.45, 2.75) is 33.1 Å². The second-order valence-electron chi connectivity index (χ2n) is 9.81. The number of nitrogens with one attached hydrogen (secondary N) is 1. The van der Waals surface area contributed by atoms with Crippen LogP contribution in [0.5, 0.6) is 11.5 Å². The van der Waals surface area contributed by atoms with Crippen LogP contribution in [0.1, 0.15) is 39.1 Å². The Morgan fingerprint density at radius 2 is 1.77 bits per heavy atom. The fraction of sp³-hybridized carbons (Fsp3) is 0.241. The molecule has 0 aliphatic carbocycles. The fourth-order valence-electron chi connectivity index (χ4n) is 3.77. The summed E-state index contributed by atoms with van der Waals surface area (Å²) in [5, 5.41) is 8.33. The van der Waals surface area contributed by atoms with Gasteiger partial charge in [0.1, 0.15) is 5.82 Å². The lowest BCUT2D eigenvalue weighted by molar-refractivity contribution is -0.118. The number of hydrogen-bond acceptors (Lipinski definition) is 6. The van der Waals surface area contributed by atoms with Crippen LogP contribution in [0, 0.1) is 0 Å². The highest BCUT2D eigenvalue weighted by molar-refractivity contribution is 9.10. The minimum absolute atomic E-state index is 0.231. The largest absolute Gasteiger partial charge is 0.490 e. The van der Waals surface area contributed by atoms with Crippen molar-refractivity contribution >= 4 is 72.2 Å². The first-order chi connectivity index (χ1) is 19.0. The van der Waals surface area contributed by atoms with Crippen molar-refractivity contribution in [2.24, 2.45) is 5.10 Å².